The Labute approximate surface area is 157 Å². The van der Waals surface area contributed by atoms with Crippen LogP contribution in [0, 0.1) is 0 Å². The van der Waals surface area contributed by atoms with Gasteiger partial charge in [0.1, 0.15) is 11.5 Å². The summed E-state index contributed by atoms with van der Waals surface area (Å²) in [5.74, 6) is 0.873. The zero-order valence-electron chi connectivity index (χ0n) is 15.1. The maximum Gasteiger partial charge on any atom is 0.257 e. The van der Waals surface area contributed by atoms with Crippen LogP contribution in [0.2, 0.25) is 0 Å². The fourth-order valence-electron chi connectivity index (χ4n) is 2.47. The fourth-order valence-corrected chi connectivity index (χ4v) is 2.47. The van der Waals surface area contributed by atoms with Gasteiger partial charge in [-0.05, 0) is 29.8 Å². The molecule has 1 amide bonds. The van der Waals surface area contributed by atoms with Crippen molar-refractivity contribution in [3.63, 3.8) is 0 Å². The van der Waals surface area contributed by atoms with Gasteiger partial charge in [0.15, 0.2) is 0 Å². The number of ether oxygens (including phenoxy) is 2. The van der Waals surface area contributed by atoms with Crippen LogP contribution in [0.15, 0.2) is 61.2 Å². The molecule has 2 heterocycles. The maximum absolute atomic E-state index is 12.6. The van der Waals surface area contributed by atoms with Crippen molar-refractivity contribution >= 4 is 17.3 Å². The Morgan fingerprint density at radius 2 is 1.93 bits per heavy atom. The molecule has 0 saturated heterocycles. The number of hydrogen-bond acceptors (Lipinski definition) is 6. The van der Waals surface area contributed by atoms with Gasteiger partial charge in [-0.2, -0.15) is 0 Å². The summed E-state index contributed by atoms with van der Waals surface area (Å²) in [5.41, 5.74) is 2.73. The second kappa shape index (κ2) is 8.66. The second-order valence-corrected chi connectivity index (χ2v) is 5.70. The molecule has 0 spiro atoms. The summed E-state index contributed by atoms with van der Waals surface area (Å²) in [6.45, 7) is 0.588. The van der Waals surface area contributed by atoms with Crippen molar-refractivity contribution in [2.75, 3.05) is 24.9 Å². The lowest BCUT2D eigenvalue weighted by molar-refractivity contribution is 0.102. The Morgan fingerprint density at radius 3 is 2.67 bits per heavy atom. The average molecular weight is 364 g/mol. The molecule has 1 aromatic carbocycles. The molecular formula is C20H20N4O3. The second-order valence-electron chi connectivity index (χ2n) is 5.70. The molecule has 2 N–H and O–H groups in total. The van der Waals surface area contributed by atoms with E-state index in [0.717, 1.165) is 11.3 Å². The highest BCUT2D eigenvalue weighted by Gasteiger charge is 2.12. The Bertz CT molecular complexity index is 916. The van der Waals surface area contributed by atoms with Gasteiger partial charge in [0.2, 0.25) is 0 Å². The SMILES string of the molecule is COc1ccc(OC)c(NC(=O)c2cncc(NCc3cccnc3)c2)c1. The van der Waals surface area contributed by atoms with Crippen molar-refractivity contribution < 1.29 is 14.3 Å². The lowest BCUT2D eigenvalue weighted by Crippen LogP contribution is -2.13. The monoisotopic (exact) mass is 364 g/mol. The van der Waals surface area contributed by atoms with Crippen LogP contribution in [0.1, 0.15) is 15.9 Å². The molecule has 7 heteroatoms. The molecule has 0 bridgehead atoms. The van der Waals surface area contributed by atoms with Gasteiger partial charge in [0.05, 0.1) is 31.2 Å². The molecule has 27 heavy (non-hydrogen) atoms. The van der Waals surface area contributed by atoms with Gasteiger partial charge in [0.25, 0.3) is 5.91 Å². The first kappa shape index (κ1) is 18.2. The Hall–Kier alpha value is -3.61. The highest BCUT2D eigenvalue weighted by atomic mass is 16.5. The normalized spacial score (nSPS) is 10.1. The van der Waals surface area contributed by atoms with Crippen LogP contribution >= 0.6 is 0 Å². The van der Waals surface area contributed by atoms with E-state index in [1.165, 1.54) is 6.20 Å². The van der Waals surface area contributed by atoms with Crippen molar-refractivity contribution in [3.05, 3.63) is 72.3 Å². The highest BCUT2D eigenvalue weighted by Crippen LogP contribution is 2.29. The number of anilines is 2. The smallest absolute Gasteiger partial charge is 0.257 e. The summed E-state index contributed by atoms with van der Waals surface area (Å²) >= 11 is 0. The summed E-state index contributed by atoms with van der Waals surface area (Å²) in [6.07, 6.45) is 6.69. The van der Waals surface area contributed by atoms with E-state index in [1.807, 2.05) is 12.1 Å². The molecule has 2 aromatic heterocycles. The van der Waals surface area contributed by atoms with Gasteiger partial charge in [0, 0.05) is 37.4 Å². The molecule has 0 saturated carbocycles. The lowest BCUT2D eigenvalue weighted by atomic mass is 10.2. The molecule has 3 rings (SSSR count). The molecule has 3 aromatic rings. The van der Waals surface area contributed by atoms with E-state index in [2.05, 4.69) is 20.6 Å². The Balaban J connectivity index is 1.72. The highest BCUT2D eigenvalue weighted by molar-refractivity contribution is 6.05. The molecular weight excluding hydrogens is 344 g/mol. The minimum Gasteiger partial charge on any atom is -0.497 e. The van der Waals surface area contributed by atoms with Crippen LogP contribution in [0.5, 0.6) is 11.5 Å². The van der Waals surface area contributed by atoms with E-state index in [4.69, 9.17) is 9.47 Å². The van der Waals surface area contributed by atoms with Crippen molar-refractivity contribution in [3.8, 4) is 11.5 Å². The van der Waals surface area contributed by atoms with Crippen LogP contribution in [0.25, 0.3) is 0 Å². The predicted molar refractivity (Wildman–Crippen MR) is 103 cm³/mol. The minimum atomic E-state index is -0.293. The number of hydrogen-bond donors (Lipinski definition) is 2. The molecule has 0 atom stereocenters. The third-order valence-corrected chi connectivity index (χ3v) is 3.87. The topological polar surface area (TPSA) is 85.4 Å². The third-order valence-electron chi connectivity index (χ3n) is 3.87. The first-order chi connectivity index (χ1) is 13.2. The lowest BCUT2D eigenvalue weighted by Gasteiger charge is -2.12. The number of amides is 1. The van der Waals surface area contributed by atoms with Crippen molar-refractivity contribution in [2.45, 2.75) is 6.54 Å². The fraction of sp³-hybridized carbons (Fsp3) is 0.150. The standard InChI is InChI=1S/C20H20N4O3/c1-26-17-5-6-19(27-2)18(9-17)24-20(25)15-8-16(13-22-12-15)23-11-14-4-3-7-21-10-14/h3-10,12-13,23H,11H2,1-2H3,(H,24,25). The third kappa shape index (κ3) is 4.72. The van der Waals surface area contributed by atoms with Crippen LogP contribution in [0.3, 0.4) is 0 Å². The number of benzene rings is 1. The number of pyridine rings is 2. The molecule has 0 aliphatic heterocycles. The quantitative estimate of drug-likeness (QED) is 0.669. The number of nitrogens with one attached hydrogen (secondary N) is 2. The van der Waals surface area contributed by atoms with Crippen molar-refractivity contribution in [1.82, 2.24) is 9.97 Å². The van der Waals surface area contributed by atoms with Gasteiger partial charge < -0.3 is 20.1 Å². The summed E-state index contributed by atoms with van der Waals surface area (Å²) in [5, 5.41) is 6.07. The van der Waals surface area contributed by atoms with Gasteiger partial charge >= 0.3 is 0 Å². The van der Waals surface area contributed by atoms with Gasteiger partial charge in [-0.15, -0.1) is 0 Å². The zero-order chi connectivity index (χ0) is 19.1. The maximum atomic E-state index is 12.6. The van der Waals surface area contributed by atoms with Gasteiger partial charge in [-0.1, -0.05) is 6.07 Å². The summed E-state index contributed by atoms with van der Waals surface area (Å²) < 4.78 is 10.5. The molecule has 7 nitrogen and oxygen atoms in total. The van der Waals surface area contributed by atoms with Crippen LogP contribution < -0.4 is 20.1 Å². The van der Waals surface area contributed by atoms with Crippen LogP contribution in [0.4, 0.5) is 11.4 Å². The van der Waals surface area contributed by atoms with Crippen molar-refractivity contribution in [2.24, 2.45) is 0 Å². The van der Waals surface area contributed by atoms with E-state index in [1.54, 1.807) is 57.1 Å². The number of rotatable bonds is 7. The van der Waals surface area contributed by atoms with Gasteiger partial charge in [-0.25, -0.2) is 0 Å². The molecule has 0 unspecified atom stereocenters. The van der Waals surface area contributed by atoms with E-state index >= 15 is 0 Å². The largest absolute Gasteiger partial charge is 0.497 e. The summed E-state index contributed by atoms with van der Waals surface area (Å²) in [7, 11) is 3.11. The minimum absolute atomic E-state index is 0.293. The number of carbonyl (C=O) groups excluding carboxylic acids is 1. The van der Waals surface area contributed by atoms with E-state index in [-0.39, 0.29) is 5.91 Å². The van der Waals surface area contributed by atoms with Crippen LogP contribution in [-0.2, 0) is 6.54 Å². The van der Waals surface area contributed by atoms with E-state index in [0.29, 0.717) is 29.3 Å². The zero-order valence-corrected chi connectivity index (χ0v) is 15.1. The number of methoxy groups -OCH3 is 2. The predicted octanol–water partition coefficient (Wildman–Crippen LogP) is 3.36. The first-order valence-corrected chi connectivity index (χ1v) is 8.31. The Morgan fingerprint density at radius 1 is 1.04 bits per heavy atom. The van der Waals surface area contributed by atoms with E-state index in [9.17, 15) is 4.79 Å². The molecule has 0 aliphatic carbocycles. The summed E-state index contributed by atoms with van der Waals surface area (Å²) in [6, 6.07) is 10.8. The number of nitrogens with zero attached hydrogens (tertiary/aromatic N) is 2. The average Bonchev–Trinajstić information content (AvgIpc) is 2.73. The molecule has 0 aliphatic rings. The van der Waals surface area contributed by atoms with E-state index < -0.39 is 0 Å². The summed E-state index contributed by atoms with van der Waals surface area (Å²) in [4.78, 5) is 20.8. The Kier molecular flexibility index (Phi) is 5.84. The van der Waals surface area contributed by atoms with Gasteiger partial charge in [-0.3, -0.25) is 14.8 Å². The molecule has 0 radical (unpaired) electrons. The van der Waals surface area contributed by atoms with Crippen molar-refractivity contribution in [1.29, 1.82) is 0 Å². The first-order valence-electron chi connectivity index (χ1n) is 8.31. The number of carbonyl (C=O) groups is 1. The number of aromatic nitrogens is 2. The molecule has 138 valence electrons. The molecule has 0 fully saturated rings. The van der Waals surface area contributed by atoms with Crippen LogP contribution in [-0.4, -0.2) is 30.1 Å².